The Hall–Kier alpha value is -1.03. The number of aryl methyl sites for hydroxylation is 1. The molecule has 0 aliphatic heterocycles. The third-order valence-corrected chi connectivity index (χ3v) is 3.69. The lowest BCUT2D eigenvalue weighted by Crippen LogP contribution is -2.23. The summed E-state index contributed by atoms with van der Waals surface area (Å²) in [4.78, 5) is 11.8. The fourth-order valence-corrected chi connectivity index (χ4v) is 2.48. The van der Waals surface area contributed by atoms with Crippen LogP contribution in [0.2, 0.25) is 0 Å². The minimum absolute atomic E-state index is 0.0825. The molecule has 17 heavy (non-hydrogen) atoms. The summed E-state index contributed by atoms with van der Waals surface area (Å²) in [6.45, 7) is 5.35. The van der Waals surface area contributed by atoms with Crippen LogP contribution in [0.5, 0.6) is 0 Å². The molecule has 1 aromatic rings. The van der Waals surface area contributed by atoms with Gasteiger partial charge < -0.3 is 5.11 Å². The van der Waals surface area contributed by atoms with Crippen molar-refractivity contribution in [2.75, 3.05) is 6.26 Å². The number of thioether (sulfide) groups is 1. The highest BCUT2D eigenvalue weighted by Crippen LogP contribution is 2.33. The molecule has 0 amide bonds. The van der Waals surface area contributed by atoms with Gasteiger partial charge in [-0.2, -0.15) is 0 Å². The number of hydrogen-bond donors (Lipinski definition) is 1. The summed E-state index contributed by atoms with van der Waals surface area (Å²) in [5.74, 6) is -1.24. The molecule has 0 aliphatic carbocycles. The second-order valence-corrected chi connectivity index (χ2v) is 5.60. The van der Waals surface area contributed by atoms with Crippen LogP contribution in [-0.2, 0) is 10.2 Å². The van der Waals surface area contributed by atoms with Gasteiger partial charge in [-0.15, -0.1) is 11.8 Å². The van der Waals surface area contributed by atoms with E-state index in [1.165, 1.54) is 17.8 Å². The summed E-state index contributed by atoms with van der Waals surface area (Å²) in [6, 6.07) is 3.24. The van der Waals surface area contributed by atoms with E-state index in [4.69, 9.17) is 5.11 Å². The molecule has 0 fully saturated rings. The van der Waals surface area contributed by atoms with Crippen molar-refractivity contribution in [2.24, 2.45) is 0 Å². The van der Waals surface area contributed by atoms with E-state index in [2.05, 4.69) is 0 Å². The van der Waals surface area contributed by atoms with Crippen LogP contribution in [0.3, 0.4) is 0 Å². The van der Waals surface area contributed by atoms with E-state index in [9.17, 15) is 9.18 Å². The first-order chi connectivity index (χ1) is 7.77. The third kappa shape index (κ3) is 3.22. The van der Waals surface area contributed by atoms with Crippen molar-refractivity contribution in [3.63, 3.8) is 0 Å². The van der Waals surface area contributed by atoms with Crippen LogP contribution in [0.15, 0.2) is 17.0 Å². The number of aliphatic carboxylic acids is 1. The molecule has 0 bridgehead atoms. The fourth-order valence-electron chi connectivity index (χ4n) is 1.86. The standard InChI is InChI=1S/C13H17FO2S/c1-8-5-10(14)9(6-11(8)17-4)13(2,3)7-12(15)16/h5-6H,7H2,1-4H3,(H,15,16). The average Bonchev–Trinajstić information content (AvgIpc) is 2.15. The second kappa shape index (κ2) is 5.08. The summed E-state index contributed by atoms with van der Waals surface area (Å²) >= 11 is 1.54. The number of carboxylic acids is 1. The third-order valence-electron chi connectivity index (χ3n) is 2.81. The first-order valence-electron chi connectivity index (χ1n) is 5.34. The van der Waals surface area contributed by atoms with Gasteiger partial charge in [0.2, 0.25) is 0 Å². The molecule has 94 valence electrons. The van der Waals surface area contributed by atoms with E-state index >= 15 is 0 Å². The molecule has 0 radical (unpaired) electrons. The van der Waals surface area contributed by atoms with Crippen molar-refractivity contribution in [3.8, 4) is 0 Å². The van der Waals surface area contributed by atoms with Crippen molar-refractivity contribution in [1.82, 2.24) is 0 Å². The van der Waals surface area contributed by atoms with Crippen LogP contribution < -0.4 is 0 Å². The van der Waals surface area contributed by atoms with Crippen molar-refractivity contribution >= 4 is 17.7 Å². The maximum atomic E-state index is 13.9. The quantitative estimate of drug-likeness (QED) is 0.836. The molecule has 4 heteroatoms. The zero-order chi connectivity index (χ0) is 13.2. The van der Waals surface area contributed by atoms with Crippen LogP contribution >= 0.6 is 11.8 Å². The molecule has 0 aromatic heterocycles. The van der Waals surface area contributed by atoms with Gasteiger partial charge in [0.25, 0.3) is 0 Å². The molecular formula is C13H17FO2S. The molecule has 0 heterocycles. The van der Waals surface area contributed by atoms with Crippen molar-refractivity contribution in [1.29, 1.82) is 0 Å². The highest BCUT2D eigenvalue weighted by molar-refractivity contribution is 7.98. The zero-order valence-electron chi connectivity index (χ0n) is 10.5. The van der Waals surface area contributed by atoms with E-state index in [1.807, 2.05) is 13.2 Å². The van der Waals surface area contributed by atoms with Crippen LogP contribution in [0.1, 0.15) is 31.4 Å². The Bertz CT molecular complexity index is 441. The summed E-state index contributed by atoms with van der Waals surface area (Å²) < 4.78 is 13.9. The van der Waals surface area contributed by atoms with Crippen LogP contribution in [0, 0.1) is 12.7 Å². The predicted molar refractivity (Wildman–Crippen MR) is 68.2 cm³/mol. The first kappa shape index (κ1) is 14.0. The summed E-state index contributed by atoms with van der Waals surface area (Å²) in [5, 5.41) is 8.85. The van der Waals surface area contributed by atoms with Gasteiger partial charge in [0.05, 0.1) is 6.42 Å². The number of hydrogen-bond acceptors (Lipinski definition) is 2. The van der Waals surface area contributed by atoms with Crippen molar-refractivity contribution in [3.05, 3.63) is 29.1 Å². The number of benzene rings is 1. The molecule has 0 saturated heterocycles. The largest absolute Gasteiger partial charge is 0.481 e. The van der Waals surface area contributed by atoms with Gasteiger partial charge in [0.15, 0.2) is 0 Å². The molecule has 1 aromatic carbocycles. The molecule has 0 atom stereocenters. The van der Waals surface area contributed by atoms with Crippen molar-refractivity contribution in [2.45, 2.75) is 37.5 Å². The Morgan fingerprint density at radius 2 is 2.06 bits per heavy atom. The normalized spacial score (nSPS) is 11.6. The number of carboxylic acid groups (broad SMARTS) is 1. The minimum atomic E-state index is -0.916. The summed E-state index contributed by atoms with van der Waals surface area (Å²) in [5.41, 5.74) is 0.647. The average molecular weight is 256 g/mol. The molecule has 1 N–H and O–H groups in total. The first-order valence-corrected chi connectivity index (χ1v) is 6.57. The molecule has 0 aliphatic rings. The Kier molecular flexibility index (Phi) is 4.20. The van der Waals surface area contributed by atoms with Gasteiger partial charge in [-0.3, -0.25) is 4.79 Å². The van der Waals surface area contributed by atoms with E-state index in [1.54, 1.807) is 19.9 Å². The summed E-state index contributed by atoms with van der Waals surface area (Å²) in [7, 11) is 0. The Morgan fingerprint density at radius 3 is 2.53 bits per heavy atom. The van der Waals surface area contributed by atoms with Gasteiger partial charge in [-0.05, 0) is 36.4 Å². The number of carbonyl (C=O) groups is 1. The maximum absolute atomic E-state index is 13.9. The highest BCUT2D eigenvalue weighted by atomic mass is 32.2. The SMILES string of the molecule is CSc1cc(C(C)(C)CC(=O)O)c(F)cc1C. The Balaban J connectivity index is 3.25. The van der Waals surface area contributed by atoms with Crippen LogP contribution in [0.25, 0.3) is 0 Å². The van der Waals surface area contributed by atoms with Gasteiger partial charge >= 0.3 is 5.97 Å². The van der Waals surface area contributed by atoms with Crippen LogP contribution in [-0.4, -0.2) is 17.3 Å². The van der Waals surface area contributed by atoms with Gasteiger partial charge in [-0.25, -0.2) is 4.39 Å². The fraction of sp³-hybridized carbons (Fsp3) is 0.462. The van der Waals surface area contributed by atoms with Crippen LogP contribution in [0.4, 0.5) is 4.39 Å². The number of rotatable bonds is 4. The lowest BCUT2D eigenvalue weighted by Gasteiger charge is -2.24. The van der Waals surface area contributed by atoms with E-state index in [0.29, 0.717) is 5.56 Å². The maximum Gasteiger partial charge on any atom is 0.304 e. The zero-order valence-corrected chi connectivity index (χ0v) is 11.3. The topological polar surface area (TPSA) is 37.3 Å². The second-order valence-electron chi connectivity index (χ2n) is 4.76. The molecule has 2 nitrogen and oxygen atoms in total. The Morgan fingerprint density at radius 1 is 1.47 bits per heavy atom. The molecular weight excluding hydrogens is 239 g/mol. The van der Waals surface area contributed by atoms with E-state index < -0.39 is 11.4 Å². The van der Waals surface area contributed by atoms with Gasteiger partial charge in [0.1, 0.15) is 5.82 Å². The van der Waals surface area contributed by atoms with Crippen molar-refractivity contribution < 1.29 is 14.3 Å². The molecule has 0 spiro atoms. The van der Waals surface area contributed by atoms with Gasteiger partial charge in [-0.1, -0.05) is 13.8 Å². The molecule has 0 unspecified atom stereocenters. The van der Waals surface area contributed by atoms with Gasteiger partial charge in [0, 0.05) is 10.3 Å². The van der Waals surface area contributed by atoms with E-state index in [0.717, 1.165) is 10.5 Å². The highest BCUT2D eigenvalue weighted by Gasteiger charge is 2.27. The smallest absolute Gasteiger partial charge is 0.304 e. The molecule has 1 rings (SSSR count). The monoisotopic (exact) mass is 256 g/mol. The predicted octanol–water partition coefficient (Wildman–Crippen LogP) is 3.61. The summed E-state index contributed by atoms with van der Waals surface area (Å²) in [6.07, 6.45) is 1.84. The number of halogens is 1. The van der Waals surface area contributed by atoms with E-state index in [-0.39, 0.29) is 12.2 Å². The lowest BCUT2D eigenvalue weighted by atomic mass is 9.81. The lowest BCUT2D eigenvalue weighted by molar-refractivity contribution is -0.138. The minimum Gasteiger partial charge on any atom is -0.481 e. The Labute approximate surface area is 105 Å². The molecule has 0 saturated carbocycles.